The minimum atomic E-state index is 0.300. The van der Waals surface area contributed by atoms with Gasteiger partial charge in [0.05, 0.1) is 13.2 Å². The molecule has 0 spiro atoms. The van der Waals surface area contributed by atoms with Gasteiger partial charge in [-0.3, -0.25) is 14.6 Å². The van der Waals surface area contributed by atoms with E-state index in [-0.39, 0.29) is 0 Å². The van der Waals surface area contributed by atoms with E-state index in [1.807, 2.05) is 15.8 Å². The minimum Gasteiger partial charge on any atom is -0.342 e. The van der Waals surface area contributed by atoms with Crippen molar-refractivity contribution in [3.63, 3.8) is 0 Å². The molecule has 2 aliphatic rings. The molecular formula is C15H25N5OS3. The topological polar surface area (TPSA) is 44.6 Å². The molecule has 0 N–H and O–H groups in total. The molecule has 0 unspecified atom stereocenters. The van der Waals surface area contributed by atoms with Crippen molar-refractivity contribution in [3.05, 3.63) is 3.95 Å². The van der Waals surface area contributed by atoms with Crippen molar-refractivity contribution >= 4 is 41.2 Å². The zero-order valence-corrected chi connectivity index (χ0v) is 16.6. The van der Waals surface area contributed by atoms with Gasteiger partial charge in [0.2, 0.25) is 5.91 Å². The van der Waals surface area contributed by atoms with Crippen molar-refractivity contribution in [2.75, 3.05) is 52.1 Å². The fraction of sp³-hybridized carbons (Fsp3) is 0.800. The first kappa shape index (κ1) is 18.3. The van der Waals surface area contributed by atoms with E-state index < -0.39 is 0 Å². The van der Waals surface area contributed by atoms with Crippen LogP contribution in [-0.2, 0) is 11.5 Å². The van der Waals surface area contributed by atoms with Crippen LogP contribution >= 0.6 is 35.3 Å². The molecule has 1 amide bonds. The van der Waals surface area contributed by atoms with E-state index in [2.05, 4.69) is 14.9 Å². The van der Waals surface area contributed by atoms with Gasteiger partial charge in [0.15, 0.2) is 8.29 Å². The summed E-state index contributed by atoms with van der Waals surface area (Å²) in [6, 6.07) is 0. The van der Waals surface area contributed by atoms with Crippen molar-refractivity contribution in [2.45, 2.75) is 30.3 Å². The molecule has 2 fully saturated rings. The molecule has 134 valence electrons. The fourth-order valence-electron chi connectivity index (χ4n) is 3.17. The van der Waals surface area contributed by atoms with E-state index in [0.717, 1.165) is 67.1 Å². The van der Waals surface area contributed by atoms with Crippen LogP contribution in [0.4, 0.5) is 0 Å². The second-order valence-electron chi connectivity index (χ2n) is 6.31. The molecule has 0 aromatic carbocycles. The van der Waals surface area contributed by atoms with Gasteiger partial charge in [0.25, 0.3) is 0 Å². The highest BCUT2D eigenvalue weighted by Gasteiger charge is 2.23. The number of piperazine rings is 1. The number of carbonyl (C=O) groups is 1. The normalized spacial score (nSPS) is 20.5. The molecule has 3 heterocycles. The molecule has 2 saturated heterocycles. The predicted molar refractivity (Wildman–Crippen MR) is 101 cm³/mol. The van der Waals surface area contributed by atoms with Gasteiger partial charge in [0, 0.05) is 39.3 Å². The van der Waals surface area contributed by atoms with Gasteiger partial charge >= 0.3 is 0 Å². The Morgan fingerprint density at radius 1 is 1.12 bits per heavy atom. The molecular weight excluding hydrogens is 362 g/mol. The quantitative estimate of drug-likeness (QED) is 0.569. The van der Waals surface area contributed by atoms with Crippen molar-refractivity contribution in [1.29, 1.82) is 0 Å². The lowest BCUT2D eigenvalue weighted by molar-refractivity contribution is -0.133. The first-order valence-corrected chi connectivity index (χ1v) is 10.9. The van der Waals surface area contributed by atoms with Gasteiger partial charge in [-0.15, -0.1) is 0 Å². The summed E-state index contributed by atoms with van der Waals surface area (Å²) in [6.07, 6.45) is 5.60. The predicted octanol–water partition coefficient (Wildman–Crippen LogP) is 1.98. The van der Waals surface area contributed by atoms with Gasteiger partial charge < -0.3 is 4.90 Å². The molecule has 24 heavy (non-hydrogen) atoms. The number of thioether (sulfide) groups is 1. The lowest BCUT2D eigenvalue weighted by atomic mass is 10.1. The first-order chi connectivity index (χ1) is 11.7. The summed E-state index contributed by atoms with van der Waals surface area (Å²) >= 11 is 8.59. The summed E-state index contributed by atoms with van der Waals surface area (Å²) < 4.78 is 3.77. The Kier molecular flexibility index (Phi) is 6.68. The second-order valence-corrected chi connectivity index (χ2v) is 8.99. The standard InChI is InChI=1S/C15H25N5OS3/c1-23-14-16-20(15(22)24-14)12-18-9-7-17(8-10-18)11-13(21)19-5-3-2-4-6-19/h2-12H2,1H3. The smallest absolute Gasteiger partial charge is 0.236 e. The molecule has 0 aliphatic carbocycles. The summed E-state index contributed by atoms with van der Waals surface area (Å²) in [5, 5.41) is 4.53. The Labute approximate surface area is 156 Å². The summed E-state index contributed by atoms with van der Waals surface area (Å²) in [4.78, 5) is 19.0. The van der Waals surface area contributed by atoms with Crippen LogP contribution in [0.25, 0.3) is 0 Å². The Balaban J connectivity index is 1.44. The second kappa shape index (κ2) is 8.75. The van der Waals surface area contributed by atoms with Crippen molar-refractivity contribution in [1.82, 2.24) is 24.5 Å². The average Bonchev–Trinajstić information content (AvgIpc) is 2.97. The number of hydrogen-bond donors (Lipinski definition) is 0. The highest BCUT2D eigenvalue weighted by atomic mass is 32.2. The van der Waals surface area contributed by atoms with E-state index in [1.165, 1.54) is 6.42 Å². The molecule has 0 saturated carbocycles. The molecule has 0 radical (unpaired) electrons. The molecule has 6 nitrogen and oxygen atoms in total. The van der Waals surface area contributed by atoms with Gasteiger partial charge in [-0.25, -0.2) is 4.68 Å². The zero-order chi connectivity index (χ0) is 16.9. The molecule has 9 heteroatoms. The first-order valence-electron chi connectivity index (χ1n) is 8.50. The van der Waals surface area contributed by atoms with E-state index in [9.17, 15) is 4.79 Å². The van der Waals surface area contributed by atoms with Crippen LogP contribution in [0.5, 0.6) is 0 Å². The molecule has 2 aliphatic heterocycles. The summed E-state index contributed by atoms with van der Waals surface area (Å²) in [7, 11) is 0. The number of piperidine rings is 1. The zero-order valence-electron chi connectivity index (χ0n) is 14.1. The van der Waals surface area contributed by atoms with E-state index >= 15 is 0 Å². The van der Waals surface area contributed by atoms with Crippen molar-refractivity contribution in [3.8, 4) is 0 Å². The van der Waals surface area contributed by atoms with Crippen LogP contribution in [0.1, 0.15) is 19.3 Å². The number of likely N-dealkylation sites (tertiary alicyclic amines) is 1. The maximum atomic E-state index is 12.4. The summed E-state index contributed by atoms with van der Waals surface area (Å²) in [5.41, 5.74) is 0. The minimum absolute atomic E-state index is 0.300. The van der Waals surface area contributed by atoms with E-state index in [1.54, 1.807) is 23.1 Å². The Morgan fingerprint density at radius 3 is 2.42 bits per heavy atom. The number of aromatic nitrogens is 2. The van der Waals surface area contributed by atoms with Crippen LogP contribution in [0.3, 0.4) is 0 Å². The van der Waals surface area contributed by atoms with Gasteiger partial charge in [-0.1, -0.05) is 23.1 Å². The number of hydrogen-bond acceptors (Lipinski definition) is 7. The van der Waals surface area contributed by atoms with Crippen LogP contribution in [0, 0.1) is 3.95 Å². The van der Waals surface area contributed by atoms with Gasteiger partial charge in [-0.05, 0) is 37.7 Å². The fourth-order valence-corrected chi connectivity index (χ4v) is 4.91. The third-order valence-corrected chi connectivity index (χ3v) is 6.91. The Bertz CT molecular complexity index is 602. The SMILES string of the molecule is CSc1nn(CN2CCN(CC(=O)N3CCCCC3)CC2)c(=S)s1. The number of carbonyl (C=O) groups excluding carboxylic acids is 1. The van der Waals surface area contributed by atoms with Gasteiger partial charge in [-0.2, -0.15) is 5.10 Å². The molecule has 0 atom stereocenters. The average molecular weight is 388 g/mol. The highest BCUT2D eigenvalue weighted by molar-refractivity contribution is 8.00. The van der Waals surface area contributed by atoms with E-state index in [4.69, 9.17) is 12.2 Å². The number of nitrogens with zero attached hydrogens (tertiary/aromatic N) is 5. The Hall–Kier alpha value is -0.480. The summed E-state index contributed by atoms with van der Waals surface area (Å²) in [5.74, 6) is 0.300. The van der Waals surface area contributed by atoms with Crippen LogP contribution in [0.2, 0.25) is 0 Å². The lowest BCUT2D eigenvalue weighted by Gasteiger charge is -2.35. The highest BCUT2D eigenvalue weighted by Crippen LogP contribution is 2.19. The van der Waals surface area contributed by atoms with Gasteiger partial charge in [0.1, 0.15) is 0 Å². The molecule has 1 aromatic rings. The monoisotopic (exact) mass is 387 g/mol. The molecule has 3 rings (SSSR count). The van der Waals surface area contributed by atoms with Crippen molar-refractivity contribution in [2.24, 2.45) is 0 Å². The van der Waals surface area contributed by atoms with Crippen LogP contribution in [-0.4, -0.2) is 82.5 Å². The Morgan fingerprint density at radius 2 is 1.79 bits per heavy atom. The lowest BCUT2D eigenvalue weighted by Crippen LogP contribution is -2.50. The maximum absolute atomic E-state index is 12.4. The van der Waals surface area contributed by atoms with E-state index in [0.29, 0.717) is 12.5 Å². The van der Waals surface area contributed by atoms with Crippen LogP contribution < -0.4 is 0 Å². The van der Waals surface area contributed by atoms with Crippen LogP contribution in [0.15, 0.2) is 4.34 Å². The third kappa shape index (κ3) is 4.78. The number of rotatable bonds is 5. The molecule has 1 aromatic heterocycles. The largest absolute Gasteiger partial charge is 0.342 e. The number of amides is 1. The van der Waals surface area contributed by atoms with Crippen molar-refractivity contribution < 1.29 is 4.79 Å². The molecule has 0 bridgehead atoms. The summed E-state index contributed by atoms with van der Waals surface area (Å²) in [6.45, 7) is 7.00. The third-order valence-electron chi connectivity index (χ3n) is 4.63. The maximum Gasteiger partial charge on any atom is 0.236 e.